The molecule has 1 N–H and O–H groups in total. The zero-order valence-electron chi connectivity index (χ0n) is 8.25. The fraction of sp³-hybridized carbons (Fsp3) is 0.500. The summed E-state index contributed by atoms with van der Waals surface area (Å²) in [4.78, 5) is 0. The molecule has 0 aliphatic heterocycles. The summed E-state index contributed by atoms with van der Waals surface area (Å²) >= 11 is 0. The Labute approximate surface area is 79.4 Å². The Morgan fingerprint density at radius 3 is 2.31 bits per heavy atom. The van der Waals surface area contributed by atoms with Crippen LogP contribution in [0.25, 0.3) is 0 Å². The van der Waals surface area contributed by atoms with Gasteiger partial charge in [0.2, 0.25) is 0 Å². The number of aliphatic hydroxyl groups is 1. The maximum absolute atomic E-state index is 8.98. The van der Waals surface area contributed by atoms with Crippen LogP contribution in [-0.4, -0.2) is 11.7 Å². The average Bonchev–Trinajstić information content (AvgIpc) is 2.80. The van der Waals surface area contributed by atoms with Crippen LogP contribution in [0.1, 0.15) is 29.0 Å². The van der Waals surface area contributed by atoms with Crippen LogP contribution in [0.15, 0.2) is 18.2 Å². The molecular formula is C12H16O. The largest absolute Gasteiger partial charge is 0.396 e. The summed E-state index contributed by atoms with van der Waals surface area (Å²) < 4.78 is 0. The minimum Gasteiger partial charge on any atom is -0.396 e. The van der Waals surface area contributed by atoms with E-state index < -0.39 is 0 Å². The highest BCUT2D eigenvalue weighted by Crippen LogP contribution is 2.47. The molecule has 1 saturated carbocycles. The first-order valence-corrected chi connectivity index (χ1v) is 4.90. The van der Waals surface area contributed by atoms with Crippen LogP contribution in [0.5, 0.6) is 0 Å². The van der Waals surface area contributed by atoms with Gasteiger partial charge in [-0.2, -0.15) is 0 Å². The van der Waals surface area contributed by atoms with Crippen molar-refractivity contribution < 1.29 is 5.11 Å². The van der Waals surface area contributed by atoms with Gasteiger partial charge in [-0.25, -0.2) is 0 Å². The van der Waals surface area contributed by atoms with Crippen LogP contribution >= 0.6 is 0 Å². The fourth-order valence-electron chi connectivity index (χ4n) is 2.08. The van der Waals surface area contributed by atoms with E-state index in [1.165, 1.54) is 23.1 Å². The van der Waals surface area contributed by atoms with E-state index in [-0.39, 0.29) is 0 Å². The first-order chi connectivity index (χ1) is 6.20. The molecule has 0 spiro atoms. The van der Waals surface area contributed by atoms with Gasteiger partial charge in [0.15, 0.2) is 0 Å². The molecule has 1 nitrogen and oxygen atoms in total. The summed E-state index contributed by atoms with van der Waals surface area (Å²) in [5.41, 5.74) is 4.08. The fourth-order valence-corrected chi connectivity index (χ4v) is 2.08. The molecule has 1 aromatic rings. The average molecular weight is 176 g/mol. The number of aryl methyl sites for hydroxylation is 2. The Kier molecular flexibility index (Phi) is 2.12. The quantitative estimate of drug-likeness (QED) is 0.733. The van der Waals surface area contributed by atoms with Crippen molar-refractivity contribution in [2.24, 2.45) is 5.92 Å². The Morgan fingerprint density at radius 1 is 1.23 bits per heavy atom. The number of rotatable bonds is 2. The Morgan fingerprint density at radius 2 is 1.85 bits per heavy atom. The maximum atomic E-state index is 8.98. The van der Waals surface area contributed by atoms with Crippen molar-refractivity contribution in [1.29, 1.82) is 0 Å². The zero-order chi connectivity index (χ0) is 9.42. The Balaban J connectivity index is 2.22. The van der Waals surface area contributed by atoms with Gasteiger partial charge in [0.1, 0.15) is 0 Å². The van der Waals surface area contributed by atoms with Gasteiger partial charge in [-0.15, -0.1) is 0 Å². The van der Waals surface area contributed by atoms with Crippen molar-refractivity contribution in [3.05, 3.63) is 34.9 Å². The van der Waals surface area contributed by atoms with Gasteiger partial charge in [0.25, 0.3) is 0 Å². The number of hydrogen-bond acceptors (Lipinski definition) is 1. The molecule has 1 aromatic carbocycles. The number of aliphatic hydroxyl groups excluding tert-OH is 1. The predicted octanol–water partition coefficient (Wildman–Crippen LogP) is 2.40. The van der Waals surface area contributed by atoms with E-state index in [0.717, 1.165) is 0 Å². The van der Waals surface area contributed by atoms with Crippen molar-refractivity contribution in [3.63, 3.8) is 0 Å². The Hall–Kier alpha value is -0.820. The van der Waals surface area contributed by atoms with Gasteiger partial charge in [-0.05, 0) is 37.7 Å². The van der Waals surface area contributed by atoms with Gasteiger partial charge in [-0.1, -0.05) is 29.3 Å². The molecule has 2 atom stereocenters. The molecule has 0 amide bonds. The zero-order valence-corrected chi connectivity index (χ0v) is 8.25. The van der Waals surface area contributed by atoms with Gasteiger partial charge >= 0.3 is 0 Å². The lowest BCUT2D eigenvalue weighted by Crippen LogP contribution is -1.90. The van der Waals surface area contributed by atoms with Gasteiger partial charge in [0, 0.05) is 6.61 Å². The molecule has 1 heteroatoms. The highest BCUT2D eigenvalue weighted by Gasteiger charge is 2.37. The van der Waals surface area contributed by atoms with E-state index in [0.29, 0.717) is 18.4 Å². The van der Waals surface area contributed by atoms with Crippen LogP contribution in [0, 0.1) is 19.8 Å². The lowest BCUT2D eigenvalue weighted by Gasteiger charge is -2.03. The van der Waals surface area contributed by atoms with Crippen LogP contribution in [0.2, 0.25) is 0 Å². The molecule has 70 valence electrons. The minimum atomic E-state index is 0.345. The Bertz CT molecular complexity index is 297. The molecule has 0 saturated heterocycles. The molecule has 13 heavy (non-hydrogen) atoms. The standard InChI is InChI=1S/C12H16O/c1-8-3-9(2)5-10(4-8)12-6-11(12)7-13/h3-5,11-13H,6-7H2,1-2H3/t11-,12-/m0/s1. The lowest BCUT2D eigenvalue weighted by atomic mass is 10.0. The van der Waals surface area contributed by atoms with E-state index in [2.05, 4.69) is 32.0 Å². The molecule has 1 aliphatic rings. The van der Waals surface area contributed by atoms with E-state index in [1.807, 2.05) is 0 Å². The molecule has 0 radical (unpaired) electrons. The summed E-state index contributed by atoms with van der Waals surface area (Å²) in [6.07, 6.45) is 1.17. The third-order valence-corrected chi connectivity index (χ3v) is 2.83. The molecule has 1 aliphatic carbocycles. The third kappa shape index (κ3) is 1.75. The van der Waals surface area contributed by atoms with Crippen LogP contribution in [-0.2, 0) is 0 Å². The van der Waals surface area contributed by atoms with Crippen LogP contribution in [0.4, 0.5) is 0 Å². The summed E-state index contributed by atoms with van der Waals surface area (Å²) in [5.74, 6) is 1.16. The first kappa shape index (κ1) is 8.76. The number of benzene rings is 1. The highest BCUT2D eigenvalue weighted by molar-refractivity contribution is 5.34. The molecule has 0 bridgehead atoms. The SMILES string of the molecule is Cc1cc(C)cc([C@@H]2C[C@H]2CO)c1. The second-order valence-electron chi connectivity index (χ2n) is 4.21. The van der Waals surface area contributed by atoms with Crippen molar-refractivity contribution in [2.45, 2.75) is 26.2 Å². The molecule has 2 rings (SSSR count). The third-order valence-electron chi connectivity index (χ3n) is 2.83. The van der Waals surface area contributed by atoms with Crippen molar-refractivity contribution in [1.82, 2.24) is 0 Å². The highest BCUT2D eigenvalue weighted by atomic mass is 16.3. The summed E-state index contributed by atoms with van der Waals surface area (Å²) in [6.45, 7) is 4.61. The van der Waals surface area contributed by atoms with E-state index in [4.69, 9.17) is 5.11 Å². The van der Waals surface area contributed by atoms with Gasteiger partial charge in [-0.3, -0.25) is 0 Å². The maximum Gasteiger partial charge on any atom is 0.0465 e. The number of hydrogen-bond donors (Lipinski definition) is 1. The van der Waals surface area contributed by atoms with Crippen LogP contribution < -0.4 is 0 Å². The second-order valence-corrected chi connectivity index (χ2v) is 4.21. The summed E-state index contributed by atoms with van der Waals surface area (Å²) in [5, 5.41) is 8.98. The molecule has 1 fully saturated rings. The molecule has 0 aromatic heterocycles. The topological polar surface area (TPSA) is 20.2 Å². The lowest BCUT2D eigenvalue weighted by molar-refractivity contribution is 0.274. The monoisotopic (exact) mass is 176 g/mol. The normalized spacial score (nSPS) is 26.1. The first-order valence-electron chi connectivity index (χ1n) is 4.90. The van der Waals surface area contributed by atoms with Crippen LogP contribution in [0.3, 0.4) is 0 Å². The summed E-state index contributed by atoms with van der Waals surface area (Å²) in [7, 11) is 0. The van der Waals surface area contributed by atoms with Crippen molar-refractivity contribution >= 4 is 0 Å². The second kappa shape index (κ2) is 3.15. The summed E-state index contributed by atoms with van der Waals surface area (Å²) in [6, 6.07) is 6.68. The smallest absolute Gasteiger partial charge is 0.0465 e. The predicted molar refractivity (Wildman–Crippen MR) is 53.8 cm³/mol. The molecule has 0 heterocycles. The van der Waals surface area contributed by atoms with E-state index in [1.54, 1.807) is 0 Å². The van der Waals surface area contributed by atoms with Gasteiger partial charge in [0.05, 0.1) is 0 Å². The molecule has 0 unspecified atom stereocenters. The van der Waals surface area contributed by atoms with Gasteiger partial charge < -0.3 is 5.11 Å². The van der Waals surface area contributed by atoms with Crippen molar-refractivity contribution in [2.75, 3.05) is 6.61 Å². The van der Waals surface area contributed by atoms with Crippen molar-refractivity contribution in [3.8, 4) is 0 Å². The molecular weight excluding hydrogens is 160 g/mol. The van der Waals surface area contributed by atoms with E-state index in [9.17, 15) is 0 Å². The van der Waals surface area contributed by atoms with E-state index >= 15 is 0 Å². The minimum absolute atomic E-state index is 0.345.